The minimum Gasteiger partial charge on any atom is -0.487 e. The molecule has 0 saturated heterocycles. The van der Waals surface area contributed by atoms with E-state index in [-0.39, 0.29) is 39.7 Å². The lowest BCUT2D eigenvalue weighted by Gasteiger charge is -2.16. The molecule has 0 radical (unpaired) electrons. The normalized spacial score (nSPS) is 12.0. The first kappa shape index (κ1) is 31.8. The summed E-state index contributed by atoms with van der Waals surface area (Å²) in [5.41, 5.74) is 5.34. The summed E-state index contributed by atoms with van der Waals surface area (Å²) in [4.78, 5) is 37.6. The third kappa shape index (κ3) is 9.13. The van der Waals surface area contributed by atoms with Crippen molar-refractivity contribution in [1.82, 2.24) is 5.32 Å². The molecule has 0 aliphatic rings. The van der Waals surface area contributed by atoms with E-state index in [9.17, 15) is 36.3 Å². The Balaban J connectivity index is 1.80. The van der Waals surface area contributed by atoms with Crippen LogP contribution in [0.25, 0.3) is 0 Å². The number of carbonyl (C=O) groups is 3. The zero-order chi connectivity index (χ0) is 30.3. The fourth-order valence-corrected chi connectivity index (χ4v) is 3.77. The first-order valence-electron chi connectivity index (χ1n) is 11.6. The first-order valence-corrected chi connectivity index (χ1v) is 12.7. The highest BCUT2D eigenvalue weighted by atomic mass is 79.9. The Kier molecular flexibility index (Phi) is 10.7. The molecular formula is C26H21BrClF5N4O4. The highest BCUT2D eigenvalue weighted by Gasteiger charge is 2.41. The number of hydrogen-bond acceptors (Lipinski definition) is 5. The lowest BCUT2D eigenvalue weighted by Crippen LogP contribution is -2.49. The summed E-state index contributed by atoms with van der Waals surface area (Å²) in [6.45, 7) is -1.35. The Morgan fingerprint density at radius 3 is 2.15 bits per heavy atom. The average molecular weight is 664 g/mol. The van der Waals surface area contributed by atoms with Gasteiger partial charge in [-0.1, -0.05) is 33.6 Å². The van der Waals surface area contributed by atoms with E-state index in [1.807, 2.05) is 5.32 Å². The number of nitrogens with one attached hydrogen (secondary N) is 3. The fraction of sp³-hybridized carbons (Fsp3) is 0.192. The predicted octanol–water partition coefficient (Wildman–Crippen LogP) is 5.76. The largest absolute Gasteiger partial charge is 0.487 e. The van der Waals surface area contributed by atoms with Gasteiger partial charge in [-0.15, -0.1) is 0 Å². The lowest BCUT2D eigenvalue weighted by atomic mass is 10.1. The van der Waals surface area contributed by atoms with Gasteiger partial charge in [0.25, 0.3) is 18.2 Å². The van der Waals surface area contributed by atoms with Crippen LogP contribution in [0.5, 0.6) is 5.75 Å². The van der Waals surface area contributed by atoms with Crippen LogP contribution in [0, 0.1) is 0 Å². The maximum Gasteiger partial charge on any atom is 0.412 e. The number of hydrogen-bond donors (Lipinski definition) is 4. The number of anilines is 2. The summed E-state index contributed by atoms with van der Waals surface area (Å²) in [5, 5.41) is 7.14. The van der Waals surface area contributed by atoms with Crippen molar-refractivity contribution in [3.63, 3.8) is 0 Å². The number of rotatable bonds is 10. The van der Waals surface area contributed by atoms with Gasteiger partial charge in [0.05, 0.1) is 16.1 Å². The summed E-state index contributed by atoms with van der Waals surface area (Å²) in [6.07, 6.45) is -7.73. The molecule has 0 fully saturated rings. The number of halogens is 7. The number of ether oxygens (including phenoxy) is 1. The maximum absolute atomic E-state index is 13.0. The van der Waals surface area contributed by atoms with Crippen molar-refractivity contribution in [1.29, 1.82) is 0 Å². The average Bonchev–Trinajstić information content (AvgIpc) is 2.91. The molecule has 0 heterocycles. The monoisotopic (exact) mass is 662 g/mol. The predicted molar refractivity (Wildman–Crippen MR) is 145 cm³/mol. The topological polar surface area (TPSA) is 123 Å². The van der Waals surface area contributed by atoms with Crippen LogP contribution >= 0.6 is 27.5 Å². The second-order valence-electron chi connectivity index (χ2n) is 8.38. The second kappa shape index (κ2) is 13.7. The maximum atomic E-state index is 13.0. The first-order chi connectivity index (χ1) is 19.2. The van der Waals surface area contributed by atoms with Crippen LogP contribution in [0.15, 0.2) is 65.1 Å². The SMILES string of the molecule is NC(C(=O)NCc1ccc(Cl)c(C(=O)Nc2ccc(OCC(F)F)c(C(=O)Nc3ccc(Br)cc3)c2)c1)C(F)(F)F. The van der Waals surface area contributed by atoms with Crippen LogP contribution in [0.4, 0.5) is 33.3 Å². The van der Waals surface area contributed by atoms with Crippen LogP contribution in [-0.2, 0) is 11.3 Å². The van der Waals surface area contributed by atoms with E-state index in [0.717, 1.165) is 4.47 Å². The number of nitrogens with two attached hydrogens (primary N) is 1. The van der Waals surface area contributed by atoms with Gasteiger partial charge >= 0.3 is 6.18 Å². The van der Waals surface area contributed by atoms with Crippen LogP contribution in [0.3, 0.4) is 0 Å². The summed E-state index contributed by atoms with van der Waals surface area (Å²) < 4.78 is 69.3. The number of amides is 3. The van der Waals surface area contributed by atoms with E-state index in [2.05, 4.69) is 26.6 Å². The molecule has 0 aliphatic carbocycles. The zero-order valence-corrected chi connectivity index (χ0v) is 23.0. The van der Waals surface area contributed by atoms with Gasteiger partial charge in [-0.3, -0.25) is 14.4 Å². The number of benzene rings is 3. The molecule has 1 unspecified atom stereocenters. The van der Waals surface area contributed by atoms with Gasteiger partial charge in [0.2, 0.25) is 5.91 Å². The van der Waals surface area contributed by atoms with Gasteiger partial charge in [0.15, 0.2) is 6.04 Å². The van der Waals surface area contributed by atoms with Crippen LogP contribution in [0.1, 0.15) is 26.3 Å². The second-order valence-corrected chi connectivity index (χ2v) is 9.70. The Labute approximate surface area is 243 Å². The Morgan fingerprint density at radius 2 is 1.51 bits per heavy atom. The Morgan fingerprint density at radius 1 is 0.902 bits per heavy atom. The van der Waals surface area contributed by atoms with Crippen molar-refractivity contribution in [3.8, 4) is 5.75 Å². The van der Waals surface area contributed by atoms with Gasteiger partial charge in [0.1, 0.15) is 12.4 Å². The van der Waals surface area contributed by atoms with Crippen molar-refractivity contribution in [2.24, 2.45) is 5.73 Å². The molecular weight excluding hydrogens is 643 g/mol. The van der Waals surface area contributed by atoms with E-state index in [0.29, 0.717) is 5.69 Å². The van der Waals surface area contributed by atoms with Crippen molar-refractivity contribution >= 4 is 56.6 Å². The molecule has 218 valence electrons. The zero-order valence-electron chi connectivity index (χ0n) is 20.7. The molecule has 1 atom stereocenters. The molecule has 0 saturated carbocycles. The molecule has 3 amide bonds. The van der Waals surface area contributed by atoms with E-state index >= 15 is 0 Å². The minimum atomic E-state index is -4.93. The van der Waals surface area contributed by atoms with E-state index in [1.165, 1.54) is 36.4 Å². The summed E-state index contributed by atoms with van der Waals surface area (Å²) >= 11 is 9.41. The Hall–Kier alpha value is -3.75. The molecule has 3 aromatic carbocycles. The van der Waals surface area contributed by atoms with Crippen LogP contribution in [0.2, 0.25) is 5.02 Å². The van der Waals surface area contributed by atoms with E-state index in [1.54, 1.807) is 24.3 Å². The van der Waals surface area contributed by atoms with Gasteiger partial charge in [-0.2, -0.15) is 13.2 Å². The van der Waals surface area contributed by atoms with E-state index < -0.39 is 43.0 Å². The molecule has 5 N–H and O–H groups in total. The summed E-state index contributed by atoms with van der Waals surface area (Å²) in [5.74, 6) is -3.09. The highest BCUT2D eigenvalue weighted by molar-refractivity contribution is 9.10. The summed E-state index contributed by atoms with van der Waals surface area (Å²) in [7, 11) is 0. The molecule has 0 spiro atoms. The van der Waals surface area contributed by atoms with Crippen molar-refractivity contribution in [3.05, 3.63) is 86.8 Å². The fourth-order valence-electron chi connectivity index (χ4n) is 3.30. The number of carbonyl (C=O) groups excluding carboxylic acids is 3. The van der Waals surface area contributed by atoms with Crippen molar-refractivity contribution < 1.29 is 41.1 Å². The molecule has 0 aromatic heterocycles. The molecule has 41 heavy (non-hydrogen) atoms. The van der Waals surface area contributed by atoms with Gasteiger partial charge in [-0.05, 0) is 60.2 Å². The smallest absolute Gasteiger partial charge is 0.412 e. The molecule has 8 nitrogen and oxygen atoms in total. The van der Waals surface area contributed by atoms with Gasteiger partial charge in [0, 0.05) is 22.4 Å². The molecule has 15 heteroatoms. The van der Waals surface area contributed by atoms with Crippen molar-refractivity contribution in [2.75, 3.05) is 17.2 Å². The molecule has 3 aromatic rings. The van der Waals surface area contributed by atoms with Crippen molar-refractivity contribution in [2.45, 2.75) is 25.2 Å². The van der Waals surface area contributed by atoms with Gasteiger partial charge < -0.3 is 26.4 Å². The standard InChI is InChI=1S/C26H21BrClF5N4O4/c27-14-2-4-15(5-3-14)36-24(39)18-10-16(6-8-20(18)41-12-21(29)30)37-23(38)17-9-13(1-7-19(17)28)11-35-25(40)22(34)26(31,32)33/h1-10,21-22H,11-12,34H2,(H,35,40)(H,36,39)(H,37,38). The minimum absolute atomic E-state index is 0.0188. The molecule has 0 aliphatic heterocycles. The lowest BCUT2D eigenvalue weighted by molar-refractivity contribution is -0.162. The third-order valence-corrected chi connectivity index (χ3v) is 6.18. The molecule has 3 rings (SSSR count). The van der Waals surface area contributed by atoms with Crippen LogP contribution < -0.4 is 26.4 Å². The van der Waals surface area contributed by atoms with Gasteiger partial charge in [-0.25, -0.2) is 8.78 Å². The summed E-state index contributed by atoms with van der Waals surface area (Å²) in [6, 6.07) is 11.5. The third-order valence-electron chi connectivity index (χ3n) is 5.33. The van der Waals surface area contributed by atoms with E-state index in [4.69, 9.17) is 22.1 Å². The van der Waals surface area contributed by atoms with Crippen LogP contribution in [-0.4, -0.2) is 43.0 Å². The number of alkyl halides is 5. The highest BCUT2D eigenvalue weighted by Crippen LogP contribution is 2.27. The molecule has 0 bridgehead atoms. The Bertz CT molecular complexity index is 1420. The quantitative estimate of drug-likeness (QED) is 0.206.